The van der Waals surface area contributed by atoms with Crippen molar-refractivity contribution in [1.82, 2.24) is 15.1 Å². The predicted molar refractivity (Wildman–Crippen MR) is 77.2 cm³/mol. The molecule has 3 rings (SSSR count). The Balaban J connectivity index is 1.65. The first kappa shape index (κ1) is 13.2. The second-order valence-corrected chi connectivity index (χ2v) is 5.17. The summed E-state index contributed by atoms with van der Waals surface area (Å²) < 4.78 is 5.87. The third-order valence-corrected chi connectivity index (χ3v) is 3.56. The van der Waals surface area contributed by atoms with Gasteiger partial charge in [0.15, 0.2) is 0 Å². The van der Waals surface area contributed by atoms with Crippen molar-refractivity contribution in [2.45, 2.75) is 19.6 Å². The Morgan fingerprint density at radius 1 is 1.15 bits per heavy atom. The minimum absolute atomic E-state index is 0.156. The maximum absolute atomic E-state index is 5.87. The molecule has 2 aromatic rings. The maximum atomic E-state index is 5.87. The molecule has 1 aromatic heterocycles. The largest absolute Gasteiger partial charge is 0.371 e. The van der Waals surface area contributed by atoms with E-state index >= 15 is 0 Å². The molecule has 1 aliphatic heterocycles. The van der Waals surface area contributed by atoms with Crippen LogP contribution < -0.4 is 0 Å². The molecule has 20 heavy (non-hydrogen) atoms. The molecule has 1 aromatic carbocycles. The van der Waals surface area contributed by atoms with E-state index in [1.165, 1.54) is 5.56 Å². The van der Waals surface area contributed by atoms with Gasteiger partial charge in [0.25, 0.3) is 0 Å². The number of aryl methyl sites for hydroxylation is 1. The van der Waals surface area contributed by atoms with Crippen LogP contribution in [0.4, 0.5) is 0 Å². The lowest BCUT2D eigenvalue weighted by Crippen LogP contribution is -2.38. The number of hydrogen-bond donors (Lipinski definition) is 0. The van der Waals surface area contributed by atoms with Gasteiger partial charge in [0.05, 0.1) is 24.1 Å². The molecule has 1 saturated heterocycles. The fourth-order valence-electron chi connectivity index (χ4n) is 2.46. The fraction of sp³-hybridized carbons (Fsp3) is 0.375. The van der Waals surface area contributed by atoms with E-state index in [1.54, 1.807) is 0 Å². The minimum Gasteiger partial charge on any atom is -0.371 e. The highest BCUT2D eigenvalue weighted by atomic mass is 16.5. The Hall–Kier alpha value is -1.78. The Morgan fingerprint density at radius 3 is 2.75 bits per heavy atom. The van der Waals surface area contributed by atoms with Crippen molar-refractivity contribution in [3.63, 3.8) is 0 Å². The summed E-state index contributed by atoms with van der Waals surface area (Å²) >= 11 is 0. The van der Waals surface area contributed by atoms with Crippen molar-refractivity contribution in [2.24, 2.45) is 0 Å². The number of nitrogens with zero attached hydrogens (tertiary/aromatic N) is 3. The molecule has 1 aliphatic rings. The summed E-state index contributed by atoms with van der Waals surface area (Å²) in [7, 11) is 0. The molecule has 0 radical (unpaired) electrons. The van der Waals surface area contributed by atoms with Crippen LogP contribution in [-0.4, -0.2) is 34.8 Å². The number of morpholine rings is 1. The van der Waals surface area contributed by atoms with Crippen molar-refractivity contribution >= 4 is 0 Å². The van der Waals surface area contributed by atoms with E-state index in [9.17, 15) is 0 Å². The second kappa shape index (κ2) is 6.11. The molecule has 0 spiro atoms. The summed E-state index contributed by atoms with van der Waals surface area (Å²) in [4.78, 5) is 2.38. The molecular formula is C16H19N3O. The molecular weight excluding hydrogens is 250 g/mol. The van der Waals surface area contributed by atoms with E-state index in [2.05, 4.69) is 45.4 Å². The molecule has 0 amide bonds. The molecule has 104 valence electrons. The van der Waals surface area contributed by atoms with E-state index in [0.717, 1.165) is 37.6 Å². The SMILES string of the molecule is Cc1ccc(CN2CCOC(c3ccccc3)C2)nn1. The van der Waals surface area contributed by atoms with Gasteiger partial charge in [0.2, 0.25) is 0 Å². The van der Waals surface area contributed by atoms with Crippen LogP contribution in [0.5, 0.6) is 0 Å². The van der Waals surface area contributed by atoms with Crippen molar-refractivity contribution in [3.8, 4) is 0 Å². The zero-order valence-corrected chi connectivity index (χ0v) is 11.7. The molecule has 2 heterocycles. The van der Waals surface area contributed by atoms with Crippen LogP contribution in [0, 0.1) is 6.92 Å². The Labute approximate surface area is 119 Å². The van der Waals surface area contributed by atoms with Gasteiger partial charge in [-0.3, -0.25) is 4.90 Å². The average Bonchev–Trinajstić information content (AvgIpc) is 2.51. The summed E-state index contributed by atoms with van der Waals surface area (Å²) in [5.41, 5.74) is 3.22. The van der Waals surface area contributed by atoms with Crippen molar-refractivity contribution in [2.75, 3.05) is 19.7 Å². The highest BCUT2D eigenvalue weighted by molar-refractivity contribution is 5.18. The molecule has 0 bridgehead atoms. The van der Waals surface area contributed by atoms with E-state index in [4.69, 9.17) is 4.74 Å². The number of aromatic nitrogens is 2. The van der Waals surface area contributed by atoms with Crippen LogP contribution in [-0.2, 0) is 11.3 Å². The second-order valence-electron chi connectivity index (χ2n) is 5.17. The lowest BCUT2D eigenvalue weighted by molar-refractivity contribution is -0.0333. The molecule has 1 unspecified atom stereocenters. The van der Waals surface area contributed by atoms with Crippen LogP contribution in [0.15, 0.2) is 42.5 Å². The quantitative estimate of drug-likeness (QED) is 0.857. The van der Waals surface area contributed by atoms with Gasteiger partial charge in [0.1, 0.15) is 0 Å². The van der Waals surface area contributed by atoms with Gasteiger partial charge in [-0.1, -0.05) is 30.3 Å². The molecule has 4 heteroatoms. The Bertz CT molecular complexity index is 541. The monoisotopic (exact) mass is 269 g/mol. The van der Waals surface area contributed by atoms with Gasteiger partial charge >= 0.3 is 0 Å². The van der Waals surface area contributed by atoms with Crippen molar-refractivity contribution in [1.29, 1.82) is 0 Å². The van der Waals surface area contributed by atoms with Gasteiger partial charge in [-0.05, 0) is 24.6 Å². The Kier molecular flexibility index (Phi) is 4.04. The molecule has 1 atom stereocenters. The van der Waals surface area contributed by atoms with Gasteiger partial charge in [-0.2, -0.15) is 10.2 Å². The van der Waals surface area contributed by atoms with Crippen molar-refractivity contribution < 1.29 is 4.74 Å². The van der Waals surface area contributed by atoms with Gasteiger partial charge in [-0.15, -0.1) is 0 Å². The molecule has 0 saturated carbocycles. The van der Waals surface area contributed by atoms with Crippen LogP contribution in [0.1, 0.15) is 23.1 Å². The summed E-state index contributed by atoms with van der Waals surface area (Å²) in [6.45, 7) is 5.40. The highest BCUT2D eigenvalue weighted by Crippen LogP contribution is 2.22. The van der Waals surface area contributed by atoms with Crippen LogP contribution in [0.3, 0.4) is 0 Å². The summed E-state index contributed by atoms with van der Waals surface area (Å²) in [6, 6.07) is 14.5. The third kappa shape index (κ3) is 3.21. The van der Waals surface area contributed by atoms with Crippen LogP contribution in [0.25, 0.3) is 0 Å². The van der Waals surface area contributed by atoms with E-state index in [1.807, 2.05) is 19.1 Å². The first-order valence-corrected chi connectivity index (χ1v) is 6.99. The van der Waals surface area contributed by atoms with Crippen molar-refractivity contribution in [3.05, 3.63) is 59.4 Å². The van der Waals surface area contributed by atoms with E-state index in [0.29, 0.717) is 0 Å². The average molecular weight is 269 g/mol. The van der Waals surface area contributed by atoms with Gasteiger partial charge < -0.3 is 4.74 Å². The summed E-state index contributed by atoms with van der Waals surface area (Å²) in [5, 5.41) is 8.35. The number of hydrogen-bond acceptors (Lipinski definition) is 4. The van der Waals surface area contributed by atoms with Crippen LogP contribution >= 0.6 is 0 Å². The lowest BCUT2D eigenvalue weighted by atomic mass is 10.1. The van der Waals surface area contributed by atoms with E-state index < -0.39 is 0 Å². The third-order valence-electron chi connectivity index (χ3n) is 3.56. The normalized spacial score (nSPS) is 19.9. The predicted octanol–water partition coefficient (Wildman–Crippen LogP) is 2.36. The number of benzene rings is 1. The number of rotatable bonds is 3. The first-order valence-electron chi connectivity index (χ1n) is 6.99. The standard InChI is InChI=1S/C16H19N3O/c1-13-7-8-15(18-17-13)11-19-9-10-20-16(12-19)14-5-3-2-4-6-14/h2-8,16H,9-12H2,1H3. The lowest BCUT2D eigenvalue weighted by Gasteiger charge is -2.32. The zero-order chi connectivity index (χ0) is 13.8. The molecule has 0 aliphatic carbocycles. The smallest absolute Gasteiger partial charge is 0.0952 e. The van der Waals surface area contributed by atoms with E-state index in [-0.39, 0.29) is 6.10 Å². The topological polar surface area (TPSA) is 38.2 Å². The maximum Gasteiger partial charge on any atom is 0.0952 e. The highest BCUT2D eigenvalue weighted by Gasteiger charge is 2.22. The van der Waals surface area contributed by atoms with Gasteiger partial charge in [-0.25, -0.2) is 0 Å². The van der Waals surface area contributed by atoms with Crippen LogP contribution in [0.2, 0.25) is 0 Å². The zero-order valence-electron chi connectivity index (χ0n) is 11.7. The van der Waals surface area contributed by atoms with Gasteiger partial charge in [0, 0.05) is 19.6 Å². The fourth-order valence-corrected chi connectivity index (χ4v) is 2.46. The molecule has 0 N–H and O–H groups in total. The molecule has 1 fully saturated rings. The minimum atomic E-state index is 0.156. The number of ether oxygens (including phenoxy) is 1. The molecule has 4 nitrogen and oxygen atoms in total. The Morgan fingerprint density at radius 2 is 2.00 bits per heavy atom. The summed E-state index contributed by atoms with van der Waals surface area (Å²) in [6.07, 6.45) is 0.156. The summed E-state index contributed by atoms with van der Waals surface area (Å²) in [5.74, 6) is 0. The first-order chi connectivity index (χ1) is 9.81.